The number of nitrogens with two attached hydrogens (primary N) is 1. The first-order chi connectivity index (χ1) is 12.5. The summed E-state index contributed by atoms with van der Waals surface area (Å²) in [6, 6.07) is 13.4. The largest absolute Gasteiger partial charge is 0.437 e. The lowest BCUT2D eigenvalue weighted by atomic mass is 10.1. The second kappa shape index (κ2) is 7.39. The number of carbonyl (C=O) groups is 1. The van der Waals surface area contributed by atoms with Crippen molar-refractivity contribution in [2.75, 3.05) is 18.0 Å². The van der Waals surface area contributed by atoms with E-state index in [1.54, 1.807) is 18.2 Å². The topological polar surface area (TPSA) is 71.8 Å². The molecule has 0 aliphatic carbocycles. The number of carbonyl (C=O) groups excluding carboxylic acids is 1. The van der Waals surface area contributed by atoms with Gasteiger partial charge in [-0.15, -0.1) is 0 Å². The molecule has 0 saturated heterocycles. The molecule has 134 valence electrons. The SMILES string of the molecule is CCN(CC)c1ccc2cc(C(N)=O)c(=Nc3ccccc3F)oc2c1. The van der Waals surface area contributed by atoms with Gasteiger partial charge in [0.15, 0.2) is 0 Å². The average molecular weight is 353 g/mol. The molecule has 0 aliphatic rings. The van der Waals surface area contributed by atoms with E-state index in [2.05, 4.69) is 23.7 Å². The van der Waals surface area contributed by atoms with Crippen LogP contribution in [-0.2, 0) is 0 Å². The number of fused-ring (bicyclic) bond motifs is 1. The zero-order valence-corrected chi connectivity index (χ0v) is 14.7. The summed E-state index contributed by atoms with van der Waals surface area (Å²) in [6.45, 7) is 5.85. The third kappa shape index (κ3) is 3.44. The number of halogens is 1. The van der Waals surface area contributed by atoms with Crippen LogP contribution in [0.25, 0.3) is 11.0 Å². The number of rotatable bonds is 5. The van der Waals surface area contributed by atoms with E-state index in [1.807, 2.05) is 18.2 Å². The van der Waals surface area contributed by atoms with Crippen LogP contribution in [0.4, 0.5) is 15.8 Å². The smallest absolute Gasteiger partial charge is 0.254 e. The molecule has 0 radical (unpaired) electrons. The minimum absolute atomic E-state index is 0.00760. The molecule has 1 aromatic heterocycles. The third-order valence-electron chi connectivity index (χ3n) is 4.20. The minimum Gasteiger partial charge on any atom is -0.437 e. The molecular formula is C20H20FN3O2. The van der Waals surface area contributed by atoms with E-state index in [1.165, 1.54) is 12.1 Å². The zero-order valence-electron chi connectivity index (χ0n) is 14.7. The maximum absolute atomic E-state index is 13.9. The van der Waals surface area contributed by atoms with E-state index in [0.717, 1.165) is 24.2 Å². The lowest BCUT2D eigenvalue weighted by Crippen LogP contribution is -2.23. The third-order valence-corrected chi connectivity index (χ3v) is 4.20. The van der Waals surface area contributed by atoms with Crippen molar-refractivity contribution in [2.45, 2.75) is 13.8 Å². The Labute approximate surface area is 150 Å². The van der Waals surface area contributed by atoms with Gasteiger partial charge in [0, 0.05) is 30.2 Å². The van der Waals surface area contributed by atoms with Crippen molar-refractivity contribution in [2.24, 2.45) is 10.7 Å². The second-order valence-corrected chi connectivity index (χ2v) is 5.79. The Morgan fingerprint density at radius 2 is 1.88 bits per heavy atom. The van der Waals surface area contributed by atoms with Crippen molar-refractivity contribution in [3.8, 4) is 0 Å². The zero-order chi connectivity index (χ0) is 18.7. The van der Waals surface area contributed by atoms with Crippen molar-refractivity contribution >= 4 is 28.3 Å². The number of hydrogen-bond donors (Lipinski definition) is 1. The first-order valence-electron chi connectivity index (χ1n) is 8.45. The van der Waals surface area contributed by atoms with Gasteiger partial charge in [0.25, 0.3) is 5.91 Å². The highest BCUT2D eigenvalue weighted by Crippen LogP contribution is 2.22. The van der Waals surface area contributed by atoms with E-state index < -0.39 is 11.7 Å². The molecule has 5 nitrogen and oxygen atoms in total. The predicted molar refractivity (Wildman–Crippen MR) is 99.9 cm³/mol. The van der Waals surface area contributed by atoms with Gasteiger partial charge >= 0.3 is 0 Å². The molecule has 0 aliphatic heterocycles. The van der Waals surface area contributed by atoms with E-state index >= 15 is 0 Å². The molecule has 2 aromatic carbocycles. The Morgan fingerprint density at radius 1 is 1.15 bits per heavy atom. The average Bonchev–Trinajstić information content (AvgIpc) is 2.64. The standard InChI is InChI=1S/C20H20FN3O2/c1-3-24(4-2)14-10-9-13-11-15(19(22)25)20(26-18(13)12-14)23-17-8-6-5-7-16(17)21/h5-12H,3-4H2,1-2H3,(H2,22,25). The molecule has 0 saturated carbocycles. The van der Waals surface area contributed by atoms with Gasteiger partial charge in [0.05, 0.1) is 0 Å². The monoisotopic (exact) mass is 353 g/mol. The van der Waals surface area contributed by atoms with Gasteiger partial charge < -0.3 is 15.1 Å². The quantitative estimate of drug-likeness (QED) is 0.759. The Balaban J connectivity index is 2.24. The summed E-state index contributed by atoms with van der Waals surface area (Å²) in [5, 5.41) is 0.724. The highest BCUT2D eigenvalue weighted by molar-refractivity contribution is 5.95. The number of amides is 1. The highest BCUT2D eigenvalue weighted by atomic mass is 19.1. The van der Waals surface area contributed by atoms with Gasteiger partial charge in [0.2, 0.25) is 5.55 Å². The fourth-order valence-electron chi connectivity index (χ4n) is 2.80. The maximum Gasteiger partial charge on any atom is 0.254 e. The Kier molecular flexibility index (Phi) is 5.02. The highest BCUT2D eigenvalue weighted by Gasteiger charge is 2.12. The van der Waals surface area contributed by atoms with Crippen LogP contribution in [-0.4, -0.2) is 19.0 Å². The molecule has 0 fully saturated rings. The van der Waals surface area contributed by atoms with Gasteiger partial charge in [-0.05, 0) is 44.2 Å². The lowest BCUT2D eigenvalue weighted by molar-refractivity contribution is 0.0996. The Morgan fingerprint density at radius 3 is 2.54 bits per heavy atom. The number of anilines is 1. The molecule has 0 bridgehead atoms. The van der Waals surface area contributed by atoms with Crippen molar-refractivity contribution in [1.29, 1.82) is 0 Å². The van der Waals surface area contributed by atoms with Gasteiger partial charge in [-0.25, -0.2) is 9.38 Å². The van der Waals surface area contributed by atoms with Crippen molar-refractivity contribution < 1.29 is 13.6 Å². The Bertz CT molecular complexity index is 1020. The molecule has 6 heteroatoms. The summed E-state index contributed by atoms with van der Waals surface area (Å²) in [7, 11) is 0. The molecule has 3 aromatic rings. The molecule has 2 N–H and O–H groups in total. The molecule has 0 atom stereocenters. The summed E-state index contributed by atoms with van der Waals surface area (Å²) < 4.78 is 19.8. The molecule has 1 heterocycles. The van der Waals surface area contributed by atoms with Crippen molar-refractivity contribution in [3.05, 3.63) is 65.5 Å². The summed E-state index contributed by atoms with van der Waals surface area (Å²) in [5.74, 6) is -1.19. The number of hydrogen-bond acceptors (Lipinski definition) is 4. The maximum atomic E-state index is 13.9. The predicted octanol–water partition coefficient (Wildman–Crippen LogP) is 3.75. The van der Waals surface area contributed by atoms with Crippen LogP contribution in [0.2, 0.25) is 0 Å². The fourth-order valence-corrected chi connectivity index (χ4v) is 2.80. The van der Waals surface area contributed by atoms with Crippen LogP contribution in [0.15, 0.2) is 57.9 Å². The first kappa shape index (κ1) is 17.7. The van der Waals surface area contributed by atoms with Gasteiger partial charge in [-0.1, -0.05) is 12.1 Å². The Hall–Kier alpha value is -3.15. The summed E-state index contributed by atoms with van der Waals surface area (Å²) in [4.78, 5) is 18.2. The van der Waals surface area contributed by atoms with E-state index in [0.29, 0.717) is 5.58 Å². The molecule has 3 rings (SSSR count). The van der Waals surface area contributed by atoms with Crippen molar-refractivity contribution in [3.63, 3.8) is 0 Å². The van der Waals surface area contributed by atoms with Crippen LogP contribution in [0.1, 0.15) is 24.2 Å². The van der Waals surface area contributed by atoms with Gasteiger partial charge in [0.1, 0.15) is 22.7 Å². The summed E-state index contributed by atoms with van der Waals surface area (Å²) >= 11 is 0. The van der Waals surface area contributed by atoms with Crippen LogP contribution < -0.4 is 16.2 Å². The van der Waals surface area contributed by atoms with E-state index in [4.69, 9.17) is 10.2 Å². The van der Waals surface area contributed by atoms with Gasteiger partial charge in [-0.3, -0.25) is 4.79 Å². The number of primary amides is 1. The van der Waals surface area contributed by atoms with Gasteiger partial charge in [-0.2, -0.15) is 0 Å². The fraction of sp³-hybridized carbons (Fsp3) is 0.200. The molecular weight excluding hydrogens is 333 g/mol. The van der Waals surface area contributed by atoms with Crippen LogP contribution in [0.5, 0.6) is 0 Å². The lowest BCUT2D eigenvalue weighted by Gasteiger charge is -2.21. The molecule has 1 amide bonds. The van der Waals surface area contributed by atoms with Crippen LogP contribution in [0.3, 0.4) is 0 Å². The first-order valence-corrected chi connectivity index (χ1v) is 8.45. The van der Waals surface area contributed by atoms with E-state index in [-0.39, 0.29) is 16.8 Å². The summed E-state index contributed by atoms with van der Waals surface area (Å²) in [5.41, 5.74) is 7.18. The number of benzene rings is 2. The molecule has 26 heavy (non-hydrogen) atoms. The van der Waals surface area contributed by atoms with Crippen LogP contribution in [0, 0.1) is 5.82 Å². The second-order valence-electron chi connectivity index (χ2n) is 5.79. The van der Waals surface area contributed by atoms with E-state index in [9.17, 15) is 9.18 Å². The van der Waals surface area contributed by atoms with Crippen molar-refractivity contribution in [1.82, 2.24) is 0 Å². The molecule has 0 spiro atoms. The normalized spacial score (nSPS) is 11.7. The van der Waals surface area contributed by atoms with Crippen LogP contribution >= 0.6 is 0 Å². The summed E-state index contributed by atoms with van der Waals surface area (Å²) in [6.07, 6.45) is 0. The minimum atomic E-state index is -0.682. The number of para-hydroxylation sites is 1. The molecule has 0 unspecified atom stereocenters. The number of nitrogens with zero attached hydrogens (tertiary/aromatic N) is 2.